The van der Waals surface area contributed by atoms with E-state index >= 15 is 0 Å². The molecule has 2 heterocycles. The number of unbranched alkanes of at least 4 members (excludes halogenated alkanes) is 1. The Morgan fingerprint density at radius 3 is 1.87 bits per heavy atom. The molecule has 2 aliphatic heterocycles. The number of imide groups is 2. The zero-order valence-electron chi connectivity index (χ0n) is 13.7. The summed E-state index contributed by atoms with van der Waals surface area (Å²) in [6, 6.07) is 0. The molecule has 124 valence electrons. The normalized spacial score (nSPS) is 19.4. The van der Waals surface area contributed by atoms with E-state index in [1.165, 1.54) is 34.1 Å². The molecule has 0 aromatic heterocycles. The first-order valence-electron chi connectivity index (χ1n) is 7.85. The van der Waals surface area contributed by atoms with Crippen LogP contribution in [0, 0.1) is 5.92 Å². The van der Waals surface area contributed by atoms with Gasteiger partial charge in [0, 0.05) is 36.4 Å². The third kappa shape index (κ3) is 3.41. The summed E-state index contributed by atoms with van der Waals surface area (Å²) in [5.74, 6) is -0.957. The van der Waals surface area contributed by atoms with Crippen LogP contribution in [0.25, 0.3) is 0 Å². The van der Waals surface area contributed by atoms with Crippen molar-refractivity contribution in [3.05, 3.63) is 24.3 Å². The predicted octanol–water partition coefficient (Wildman–Crippen LogP) is 1.42. The van der Waals surface area contributed by atoms with Gasteiger partial charge in [-0.1, -0.05) is 13.3 Å². The van der Waals surface area contributed by atoms with Gasteiger partial charge in [0.15, 0.2) is 0 Å². The van der Waals surface area contributed by atoms with Crippen LogP contribution in [-0.2, 0) is 19.2 Å². The second kappa shape index (κ2) is 6.48. The number of rotatable bonds is 7. The number of hydrogen-bond donors (Lipinski definition) is 0. The minimum absolute atomic E-state index is 0.110. The highest BCUT2D eigenvalue weighted by atomic mass is 16.2. The van der Waals surface area contributed by atoms with Gasteiger partial charge < -0.3 is 0 Å². The Hall–Kier alpha value is -2.24. The molecule has 0 saturated carbocycles. The molecule has 6 heteroatoms. The minimum Gasteiger partial charge on any atom is -0.275 e. The Balaban J connectivity index is 1.81. The fourth-order valence-electron chi connectivity index (χ4n) is 2.91. The molecule has 0 spiro atoms. The third-order valence-electron chi connectivity index (χ3n) is 4.76. The molecular formula is C17H22N2O4. The molecule has 0 saturated heterocycles. The van der Waals surface area contributed by atoms with E-state index in [1.54, 1.807) is 0 Å². The molecule has 0 fully saturated rings. The highest BCUT2D eigenvalue weighted by Crippen LogP contribution is 2.30. The van der Waals surface area contributed by atoms with Crippen LogP contribution in [0.5, 0.6) is 0 Å². The molecule has 0 radical (unpaired) electrons. The van der Waals surface area contributed by atoms with Crippen molar-refractivity contribution in [3.8, 4) is 0 Å². The van der Waals surface area contributed by atoms with Gasteiger partial charge in [0.1, 0.15) is 0 Å². The summed E-state index contributed by atoms with van der Waals surface area (Å²) >= 11 is 0. The van der Waals surface area contributed by atoms with Crippen LogP contribution in [0.15, 0.2) is 24.3 Å². The van der Waals surface area contributed by atoms with Gasteiger partial charge in [-0.3, -0.25) is 29.0 Å². The summed E-state index contributed by atoms with van der Waals surface area (Å²) in [6.45, 7) is 6.18. The van der Waals surface area contributed by atoms with Crippen molar-refractivity contribution in [2.24, 2.45) is 5.92 Å². The number of carbonyl (C=O) groups is 4. The number of nitrogens with zero attached hydrogens (tertiary/aromatic N) is 2. The van der Waals surface area contributed by atoms with Gasteiger partial charge >= 0.3 is 0 Å². The van der Waals surface area contributed by atoms with Gasteiger partial charge in [-0.05, 0) is 32.6 Å². The maximum Gasteiger partial charge on any atom is 0.254 e. The second-order valence-electron chi connectivity index (χ2n) is 6.56. The van der Waals surface area contributed by atoms with E-state index in [9.17, 15) is 19.2 Å². The average molecular weight is 318 g/mol. The van der Waals surface area contributed by atoms with Crippen LogP contribution >= 0.6 is 0 Å². The molecular weight excluding hydrogens is 296 g/mol. The summed E-state index contributed by atoms with van der Waals surface area (Å²) < 4.78 is 0. The smallest absolute Gasteiger partial charge is 0.254 e. The van der Waals surface area contributed by atoms with E-state index in [0.29, 0.717) is 13.0 Å². The van der Waals surface area contributed by atoms with E-state index in [2.05, 4.69) is 0 Å². The highest BCUT2D eigenvalue weighted by Gasteiger charge is 2.40. The van der Waals surface area contributed by atoms with E-state index in [-0.39, 0.29) is 29.5 Å². The molecule has 23 heavy (non-hydrogen) atoms. The molecule has 0 aromatic carbocycles. The number of carbonyl (C=O) groups excluding carboxylic acids is 4. The molecule has 1 unspecified atom stereocenters. The van der Waals surface area contributed by atoms with Crippen LogP contribution in [0.2, 0.25) is 0 Å². The van der Waals surface area contributed by atoms with Gasteiger partial charge in [0.2, 0.25) is 0 Å². The van der Waals surface area contributed by atoms with Crippen molar-refractivity contribution in [1.82, 2.24) is 9.80 Å². The van der Waals surface area contributed by atoms with Crippen molar-refractivity contribution in [2.75, 3.05) is 6.54 Å². The van der Waals surface area contributed by atoms with E-state index < -0.39 is 5.54 Å². The van der Waals surface area contributed by atoms with E-state index in [4.69, 9.17) is 0 Å². The molecule has 4 amide bonds. The first-order chi connectivity index (χ1) is 10.7. The van der Waals surface area contributed by atoms with Crippen LogP contribution in [0.3, 0.4) is 0 Å². The lowest BCUT2D eigenvalue weighted by atomic mass is 9.83. The minimum atomic E-state index is -0.571. The fraction of sp³-hybridized carbons (Fsp3) is 0.529. The van der Waals surface area contributed by atoms with E-state index in [0.717, 1.165) is 12.8 Å². The summed E-state index contributed by atoms with van der Waals surface area (Å²) in [6.07, 6.45) is 7.48. The molecule has 0 aromatic rings. The summed E-state index contributed by atoms with van der Waals surface area (Å²) in [7, 11) is 0. The number of amides is 4. The van der Waals surface area contributed by atoms with Crippen LogP contribution in [0.1, 0.15) is 40.0 Å². The van der Waals surface area contributed by atoms with Crippen molar-refractivity contribution in [1.29, 1.82) is 0 Å². The number of hydrogen-bond acceptors (Lipinski definition) is 4. The fourth-order valence-corrected chi connectivity index (χ4v) is 2.91. The second-order valence-corrected chi connectivity index (χ2v) is 6.56. The topological polar surface area (TPSA) is 74.8 Å². The van der Waals surface area contributed by atoms with Crippen molar-refractivity contribution >= 4 is 23.6 Å². The first-order valence-corrected chi connectivity index (χ1v) is 7.85. The molecule has 0 N–H and O–H groups in total. The monoisotopic (exact) mass is 318 g/mol. The summed E-state index contributed by atoms with van der Waals surface area (Å²) in [4.78, 5) is 49.1. The first kappa shape index (κ1) is 17.1. The Bertz CT molecular complexity index is 568. The molecule has 2 rings (SSSR count). The molecule has 6 nitrogen and oxygen atoms in total. The lowest BCUT2D eigenvalue weighted by Crippen LogP contribution is -2.51. The maximum absolute atomic E-state index is 11.8. The van der Waals surface area contributed by atoms with E-state index in [1.807, 2.05) is 20.8 Å². The Morgan fingerprint density at radius 1 is 0.870 bits per heavy atom. The van der Waals surface area contributed by atoms with Gasteiger partial charge in [-0.2, -0.15) is 0 Å². The molecule has 1 atom stereocenters. The zero-order chi connectivity index (χ0) is 17.2. The summed E-state index contributed by atoms with van der Waals surface area (Å²) in [5.41, 5.74) is -0.571. The third-order valence-corrected chi connectivity index (χ3v) is 4.76. The van der Waals surface area contributed by atoms with Crippen molar-refractivity contribution in [2.45, 2.75) is 45.6 Å². The van der Waals surface area contributed by atoms with Gasteiger partial charge in [-0.25, -0.2) is 0 Å². The highest BCUT2D eigenvalue weighted by molar-refractivity contribution is 6.13. The average Bonchev–Trinajstić information content (AvgIpc) is 2.98. The standard InChI is InChI=1S/C17H22N2O4/c1-12(17(2,3)19-15(22)9-10-16(19)23)6-4-5-11-18-13(20)7-8-14(18)21/h7-10,12H,4-6,11H2,1-3H3. The predicted molar refractivity (Wildman–Crippen MR) is 83.9 cm³/mol. The van der Waals surface area contributed by atoms with Crippen LogP contribution < -0.4 is 0 Å². The maximum atomic E-state index is 11.8. The van der Waals surface area contributed by atoms with Crippen LogP contribution in [0.4, 0.5) is 0 Å². The Morgan fingerprint density at radius 2 is 1.35 bits per heavy atom. The Kier molecular flexibility index (Phi) is 4.82. The molecule has 0 bridgehead atoms. The molecule has 2 aliphatic rings. The quantitative estimate of drug-likeness (QED) is 0.525. The largest absolute Gasteiger partial charge is 0.275 e. The Labute approximate surface area is 135 Å². The van der Waals surface area contributed by atoms with Crippen LogP contribution in [-0.4, -0.2) is 45.5 Å². The lowest BCUT2D eigenvalue weighted by molar-refractivity contribution is -0.145. The van der Waals surface area contributed by atoms with Crippen molar-refractivity contribution < 1.29 is 19.2 Å². The molecule has 0 aliphatic carbocycles. The van der Waals surface area contributed by atoms with Gasteiger partial charge in [0.05, 0.1) is 0 Å². The SMILES string of the molecule is CC(CCCCN1C(=O)C=CC1=O)C(C)(C)N1C(=O)C=CC1=O. The van der Waals surface area contributed by atoms with Gasteiger partial charge in [0.25, 0.3) is 23.6 Å². The lowest BCUT2D eigenvalue weighted by Gasteiger charge is -2.39. The summed E-state index contributed by atoms with van der Waals surface area (Å²) in [5, 5.41) is 0. The zero-order valence-corrected chi connectivity index (χ0v) is 13.7. The van der Waals surface area contributed by atoms with Gasteiger partial charge in [-0.15, -0.1) is 0 Å². The van der Waals surface area contributed by atoms with Crippen molar-refractivity contribution in [3.63, 3.8) is 0 Å².